The van der Waals surface area contributed by atoms with E-state index in [1.807, 2.05) is 41.7 Å². The molecule has 41 heavy (non-hydrogen) atoms. The minimum Gasteiger partial charge on any atom is -0.365 e. The minimum atomic E-state index is -4.59. The lowest BCUT2D eigenvalue weighted by atomic mass is 10.2. The van der Waals surface area contributed by atoms with E-state index < -0.39 is 41.3 Å². The van der Waals surface area contributed by atoms with E-state index >= 15 is 0 Å². The molecule has 2 aliphatic carbocycles. The highest BCUT2D eigenvalue weighted by Crippen LogP contribution is 2.70. The number of alkyl halides is 3. The van der Waals surface area contributed by atoms with Gasteiger partial charge in [0.25, 0.3) is 0 Å². The smallest absolute Gasteiger partial charge is 0.365 e. The molecule has 2 aromatic rings. The molecular weight excluding hydrogens is 559 g/mol. The molecule has 1 saturated heterocycles. The summed E-state index contributed by atoms with van der Waals surface area (Å²) in [4.78, 5) is 45.2. The van der Waals surface area contributed by atoms with Gasteiger partial charge < -0.3 is 25.8 Å². The quantitative estimate of drug-likeness (QED) is 0.409. The van der Waals surface area contributed by atoms with Crippen LogP contribution in [0.2, 0.25) is 0 Å². The number of thioether (sulfide) groups is 1. The second-order valence-electron chi connectivity index (χ2n) is 10.2. The van der Waals surface area contributed by atoms with E-state index in [1.54, 1.807) is 37.1 Å². The number of hydrogen-bond acceptors (Lipinski definition) is 8. The number of amides is 3. The van der Waals surface area contributed by atoms with Gasteiger partial charge in [0.15, 0.2) is 0 Å². The third-order valence-corrected chi connectivity index (χ3v) is 9.44. The fourth-order valence-corrected chi connectivity index (χ4v) is 7.66. The zero-order valence-electron chi connectivity index (χ0n) is 22.2. The molecule has 0 bridgehead atoms. The zero-order chi connectivity index (χ0) is 29.5. The summed E-state index contributed by atoms with van der Waals surface area (Å²) in [6.07, 6.45) is -4.59. The van der Waals surface area contributed by atoms with Crippen LogP contribution in [0, 0.1) is 29.1 Å². The maximum absolute atomic E-state index is 13.4. The fourth-order valence-electron chi connectivity index (χ4n) is 5.50. The van der Waals surface area contributed by atoms with Crippen molar-refractivity contribution < 1.29 is 27.6 Å². The number of rotatable bonds is 9. The van der Waals surface area contributed by atoms with Gasteiger partial charge in [-0.15, -0.1) is 11.8 Å². The summed E-state index contributed by atoms with van der Waals surface area (Å²) >= 11 is 1.29. The van der Waals surface area contributed by atoms with Crippen molar-refractivity contribution in [2.75, 3.05) is 42.2 Å². The van der Waals surface area contributed by atoms with E-state index in [4.69, 9.17) is 0 Å². The Labute approximate surface area is 238 Å². The van der Waals surface area contributed by atoms with Gasteiger partial charge in [-0.2, -0.15) is 18.4 Å². The number of nitrogens with zero attached hydrogens (tertiary/aromatic N) is 4. The molecule has 1 aromatic carbocycles. The highest BCUT2D eigenvalue weighted by atomic mass is 32.2. The molecule has 10 nitrogen and oxygen atoms in total. The number of fused-ring (bicyclic) bond motifs is 1. The second kappa shape index (κ2) is 10.8. The van der Waals surface area contributed by atoms with Crippen LogP contribution in [-0.4, -0.2) is 76.6 Å². The van der Waals surface area contributed by atoms with Crippen LogP contribution in [0.1, 0.15) is 6.92 Å². The number of pyridine rings is 1. The monoisotopic (exact) mass is 587 g/mol. The lowest BCUT2D eigenvalue weighted by molar-refractivity contribution is -0.140. The Morgan fingerprint density at radius 3 is 2.54 bits per heavy atom. The zero-order valence-corrected chi connectivity index (χ0v) is 23.0. The molecule has 1 aliphatic heterocycles. The van der Waals surface area contributed by atoms with E-state index in [0.717, 1.165) is 5.69 Å². The Morgan fingerprint density at radius 1 is 1.17 bits per heavy atom. The minimum absolute atomic E-state index is 0.105. The van der Waals surface area contributed by atoms with E-state index in [0.29, 0.717) is 11.6 Å². The molecule has 2 heterocycles. The van der Waals surface area contributed by atoms with Crippen molar-refractivity contribution in [3.05, 3.63) is 48.5 Å². The average Bonchev–Trinajstić information content (AvgIpc) is 3.80. The molecule has 14 heteroatoms. The Bertz CT molecular complexity index is 1390. The lowest BCUT2D eigenvalue weighted by Gasteiger charge is -2.35. The van der Waals surface area contributed by atoms with E-state index in [-0.39, 0.29) is 36.2 Å². The molecule has 1 aromatic heterocycles. The topological polar surface area (TPSA) is 130 Å². The van der Waals surface area contributed by atoms with Gasteiger partial charge in [-0.1, -0.05) is 24.3 Å². The number of para-hydroxylation sites is 1. The van der Waals surface area contributed by atoms with Crippen LogP contribution in [0.25, 0.3) is 0 Å². The number of carbonyl (C=O) groups excluding carboxylic acids is 3. The maximum Gasteiger partial charge on any atom is 0.405 e. The molecule has 6 atom stereocenters. The van der Waals surface area contributed by atoms with Crippen LogP contribution in [0.4, 0.5) is 30.5 Å². The normalized spacial score (nSPS) is 27.9. The summed E-state index contributed by atoms with van der Waals surface area (Å²) in [5.41, 5.74) is 0.887. The average molecular weight is 588 g/mol. The van der Waals surface area contributed by atoms with Gasteiger partial charge in [-0.3, -0.25) is 14.4 Å². The fraction of sp³-hybridized carbons (Fsp3) is 0.444. The van der Waals surface area contributed by atoms with Gasteiger partial charge in [-0.25, -0.2) is 4.98 Å². The molecule has 0 radical (unpaired) electrons. The highest BCUT2D eigenvalue weighted by molar-refractivity contribution is 8.02. The first-order valence-electron chi connectivity index (χ1n) is 13.0. The molecule has 3 aliphatic rings. The Hall–Kier alpha value is -3.99. The summed E-state index contributed by atoms with van der Waals surface area (Å²) in [5.74, 6) is -3.08. The first-order valence-corrected chi connectivity index (χ1v) is 13.9. The Morgan fingerprint density at radius 2 is 1.88 bits per heavy atom. The number of likely N-dealkylation sites (N-methyl/N-ethyl adjacent to an activating group) is 1. The van der Waals surface area contributed by atoms with Crippen molar-refractivity contribution in [3.63, 3.8) is 0 Å². The van der Waals surface area contributed by atoms with Crippen LogP contribution >= 0.6 is 11.8 Å². The van der Waals surface area contributed by atoms with Crippen molar-refractivity contribution in [2.24, 2.45) is 17.8 Å². The van der Waals surface area contributed by atoms with Gasteiger partial charge in [0.05, 0.1) is 36.4 Å². The van der Waals surface area contributed by atoms with E-state index in [2.05, 4.69) is 15.6 Å². The number of anilines is 3. The summed E-state index contributed by atoms with van der Waals surface area (Å²) in [6.45, 7) is 0.526. The molecule has 1 spiro atoms. The van der Waals surface area contributed by atoms with Crippen LogP contribution in [0.5, 0.6) is 0 Å². The van der Waals surface area contributed by atoms with Gasteiger partial charge in [-0.05, 0) is 31.2 Å². The van der Waals surface area contributed by atoms with E-state index in [1.165, 1.54) is 16.7 Å². The van der Waals surface area contributed by atoms with Gasteiger partial charge in [0.2, 0.25) is 17.7 Å². The largest absolute Gasteiger partial charge is 0.405 e. The number of halogens is 3. The first kappa shape index (κ1) is 28.5. The molecule has 216 valence electrons. The number of carbonyl (C=O) groups is 3. The maximum atomic E-state index is 13.4. The third-order valence-electron chi connectivity index (χ3n) is 7.48. The summed E-state index contributed by atoms with van der Waals surface area (Å²) in [6, 6.07) is 16.2. The van der Waals surface area contributed by atoms with Crippen molar-refractivity contribution >= 4 is 46.8 Å². The van der Waals surface area contributed by atoms with Gasteiger partial charge >= 0.3 is 6.18 Å². The molecule has 2 saturated carbocycles. The highest BCUT2D eigenvalue weighted by Gasteiger charge is 2.80. The SMILES string of the molecule is CCN1C(=O)C2C(Nc3cccc(NC(=O)CN(C)c4ccccc4)n3)C2SC12C(C#N)C2C(=O)NCC(F)(F)F. The first-order chi connectivity index (χ1) is 19.5. The Kier molecular flexibility index (Phi) is 7.50. The molecule has 3 amide bonds. The lowest BCUT2D eigenvalue weighted by Crippen LogP contribution is -2.48. The second-order valence-corrected chi connectivity index (χ2v) is 11.6. The number of aromatic nitrogens is 1. The van der Waals surface area contributed by atoms with Crippen molar-refractivity contribution in [1.82, 2.24) is 15.2 Å². The predicted molar refractivity (Wildman–Crippen MR) is 147 cm³/mol. The van der Waals surface area contributed by atoms with Crippen LogP contribution in [-0.2, 0) is 14.4 Å². The Balaban J connectivity index is 1.24. The summed E-state index contributed by atoms with van der Waals surface area (Å²) in [7, 11) is 1.80. The third kappa shape index (κ3) is 5.50. The van der Waals surface area contributed by atoms with Crippen molar-refractivity contribution in [1.29, 1.82) is 5.26 Å². The standard InChI is InChI=1S/C27H28F3N7O3S/c1-3-37-25(40)20-22(23(20)41-27(37)16(12-31)21(27)24(39)32-14-26(28,29)30)35-18-11-7-10-17(33-18)34-19(38)13-36(2)15-8-5-4-6-9-15/h4-11,16,20-23H,3,13-14H2,1-2H3,(H,32,39)(H2,33,34,35,38). The molecule has 3 N–H and O–H groups in total. The van der Waals surface area contributed by atoms with Crippen LogP contribution < -0.4 is 20.9 Å². The summed E-state index contributed by atoms with van der Waals surface area (Å²) in [5, 5.41) is 17.3. The molecular formula is C27H28F3N7O3S. The van der Waals surface area contributed by atoms with Crippen LogP contribution in [0.3, 0.4) is 0 Å². The molecule has 6 unspecified atom stereocenters. The number of nitriles is 1. The van der Waals surface area contributed by atoms with Gasteiger partial charge in [0.1, 0.15) is 23.1 Å². The van der Waals surface area contributed by atoms with Crippen molar-refractivity contribution in [2.45, 2.75) is 29.3 Å². The van der Waals surface area contributed by atoms with Gasteiger partial charge in [0, 0.05) is 24.5 Å². The number of hydrogen-bond donors (Lipinski definition) is 3. The molecule has 5 rings (SSSR count). The van der Waals surface area contributed by atoms with E-state index in [9.17, 15) is 32.8 Å². The van der Waals surface area contributed by atoms with Crippen molar-refractivity contribution in [3.8, 4) is 6.07 Å². The predicted octanol–water partition coefficient (Wildman–Crippen LogP) is 2.68. The number of nitrogens with one attached hydrogen (secondary N) is 3. The molecule has 3 fully saturated rings. The number of benzene rings is 1. The summed E-state index contributed by atoms with van der Waals surface area (Å²) < 4.78 is 38.0. The van der Waals surface area contributed by atoms with Crippen LogP contribution in [0.15, 0.2) is 48.5 Å².